The van der Waals surface area contributed by atoms with Crippen molar-refractivity contribution in [3.05, 3.63) is 81.1 Å². The van der Waals surface area contributed by atoms with E-state index < -0.39 is 0 Å². The number of nitrogens with two attached hydrogens (primary N) is 1. The zero-order valence-electron chi connectivity index (χ0n) is 16.7. The molecular formula is C23H24Cl2N2OS. The molecule has 0 saturated heterocycles. The molecule has 2 rings (SSSR count). The summed E-state index contributed by atoms with van der Waals surface area (Å²) < 4.78 is 0. The average Bonchev–Trinajstić information content (AvgIpc) is 2.98. The van der Waals surface area contributed by atoms with Gasteiger partial charge in [0.25, 0.3) is 0 Å². The normalized spacial score (nSPS) is 13.3. The molecule has 29 heavy (non-hydrogen) atoms. The number of rotatable bonds is 8. The molecule has 0 spiro atoms. The second kappa shape index (κ2) is 10.6. The number of aromatic nitrogens is 1. The maximum Gasteiger partial charge on any atom is 0.150 e. The summed E-state index contributed by atoms with van der Waals surface area (Å²) in [6.07, 6.45) is 5.99. The predicted molar refractivity (Wildman–Crippen MR) is 128 cm³/mol. The number of aryl methyl sites for hydroxylation is 2. The first-order chi connectivity index (χ1) is 13.8. The Hall–Kier alpha value is -2.14. The lowest BCUT2D eigenvalue weighted by Gasteiger charge is -2.11. The molecule has 0 aliphatic carbocycles. The predicted octanol–water partition coefficient (Wildman–Crippen LogP) is 6.87. The summed E-state index contributed by atoms with van der Waals surface area (Å²) in [4.78, 5) is 16.0. The van der Waals surface area contributed by atoms with Crippen molar-refractivity contribution in [2.75, 3.05) is 11.5 Å². The molecule has 3 N–H and O–H groups in total. The Labute approximate surface area is 186 Å². The van der Waals surface area contributed by atoms with Crippen molar-refractivity contribution in [3.8, 4) is 0 Å². The van der Waals surface area contributed by atoms with Gasteiger partial charge in [0.2, 0.25) is 0 Å². The van der Waals surface area contributed by atoms with Crippen LogP contribution < -0.4 is 5.73 Å². The van der Waals surface area contributed by atoms with Gasteiger partial charge in [0.1, 0.15) is 0 Å². The van der Waals surface area contributed by atoms with Crippen LogP contribution in [-0.4, -0.2) is 17.0 Å². The van der Waals surface area contributed by atoms with Crippen LogP contribution in [0.2, 0.25) is 0 Å². The van der Waals surface area contributed by atoms with Crippen molar-refractivity contribution in [2.45, 2.75) is 25.7 Å². The van der Waals surface area contributed by atoms with Crippen molar-refractivity contribution < 1.29 is 4.79 Å². The Bertz CT molecular complexity index is 1010. The minimum absolute atomic E-state index is 0.517. The maximum atomic E-state index is 11.8. The molecule has 0 amide bonds. The van der Waals surface area contributed by atoms with Crippen molar-refractivity contribution >= 4 is 58.6 Å². The van der Waals surface area contributed by atoms with Crippen molar-refractivity contribution in [2.24, 2.45) is 0 Å². The van der Waals surface area contributed by atoms with Crippen LogP contribution >= 0.6 is 35.0 Å². The van der Waals surface area contributed by atoms with Gasteiger partial charge in [0.05, 0.1) is 0 Å². The molecule has 1 aromatic carbocycles. The van der Waals surface area contributed by atoms with Gasteiger partial charge in [-0.1, -0.05) is 35.9 Å². The van der Waals surface area contributed by atoms with Crippen molar-refractivity contribution in [3.63, 3.8) is 0 Å². The number of aldehydes is 1. The molecule has 0 saturated carbocycles. The molecule has 6 heteroatoms. The molecule has 0 fully saturated rings. The monoisotopic (exact) mass is 446 g/mol. The summed E-state index contributed by atoms with van der Waals surface area (Å²) in [5.41, 5.74) is 11.8. The third-order valence-electron chi connectivity index (χ3n) is 4.30. The number of anilines is 1. The highest BCUT2D eigenvalue weighted by Crippen LogP contribution is 2.32. The number of hydrogen-bond acceptors (Lipinski definition) is 3. The summed E-state index contributed by atoms with van der Waals surface area (Å²) >= 11 is 14.1. The van der Waals surface area contributed by atoms with Crippen LogP contribution in [0.25, 0.3) is 11.6 Å². The molecule has 0 aliphatic rings. The standard InChI is InChI=1S/C23H24Cl2N2OS/c1-5-6-21(25)20(16(4)24)13-29-18-7-8-22(26)19(11-18)17(12-28)10-23-14(2)9-15(3)27-23/h5-12,27H,1,13,26H2,2-4H3/b17-10+,20-16+,21-6+. The molecular weight excluding hydrogens is 423 g/mol. The molecule has 0 unspecified atom stereocenters. The summed E-state index contributed by atoms with van der Waals surface area (Å²) in [5, 5.41) is 1.18. The number of nitrogens with one attached hydrogen (secondary N) is 1. The van der Waals surface area contributed by atoms with E-state index in [9.17, 15) is 4.79 Å². The van der Waals surface area contributed by atoms with Crippen LogP contribution in [-0.2, 0) is 4.79 Å². The first-order valence-corrected chi connectivity index (χ1v) is 10.7. The largest absolute Gasteiger partial charge is 0.398 e. The van der Waals surface area contributed by atoms with E-state index in [-0.39, 0.29) is 0 Å². The Morgan fingerprint density at radius 1 is 1.28 bits per heavy atom. The number of hydrogen-bond donors (Lipinski definition) is 2. The van der Waals surface area contributed by atoms with E-state index in [1.165, 1.54) is 0 Å². The number of thioether (sulfide) groups is 1. The lowest BCUT2D eigenvalue weighted by molar-refractivity contribution is -0.103. The molecule has 2 aromatic rings. The van der Waals surface area contributed by atoms with E-state index in [0.717, 1.165) is 33.7 Å². The number of aromatic amines is 1. The molecule has 0 aliphatic heterocycles. The van der Waals surface area contributed by atoms with E-state index in [4.69, 9.17) is 28.9 Å². The number of carbonyl (C=O) groups is 1. The number of halogens is 2. The van der Waals surface area contributed by atoms with Crippen molar-refractivity contribution in [1.82, 2.24) is 4.98 Å². The van der Waals surface area contributed by atoms with Gasteiger partial charge < -0.3 is 10.7 Å². The van der Waals surface area contributed by atoms with E-state index >= 15 is 0 Å². The number of carbonyl (C=O) groups excluding carboxylic acids is 1. The van der Waals surface area contributed by atoms with Crippen LogP contribution in [0.1, 0.15) is 29.4 Å². The zero-order chi connectivity index (χ0) is 21.6. The third-order valence-corrected chi connectivity index (χ3v) is 5.91. The smallest absolute Gasteiger partial charge is 0.150 e. The lowest BCUT2D eigenvalue weighted by Crippen LogP contribution is -1.97. The van der Waals surface area contributed by atoms with Crippen LogP contribution in [0.15, 0.2) is 63.5 Å². The van der Waals surface area contributed by atoms with Gasteiger partial charge in [0, 0.05) is 48.9 Å². The second-order valence-corrected chi connectivity index (χ2v) is 8.59. The number of H-pyrrole nitrogens is 1. The topological polar surface area (TPSA) is 58.9 Å². The highest BCUT2D eigenvalue weighted by atomic mass is 35.5. The van der Waals surface area contributed by atoms with Gasteiger partial charge in [-0.25, -0.2) is 0 Å². The number of allylic oxidation sites excluding steroid dienone is 5. The first kappa shape index (κ1) is 23.1. The van der Waals surface area contributed by atoms with Gasteiger partial charge in [-0.15, -0.1) is 11.8 Å². The maximum absolute atomic E-state index is 11.8. The Morgan fingerprint density at radius 3 is 2.55 bits per heavy atom. The van der Waals surface area contributed by atoms with E-state index in [1.54, 1.807) is 36.9 Å². The fraction of sp³-hybridized carbons (Fsp3) is 0.174. The Kier molecular flexibility index (Phi) is 8.45. The average molecular weight is 447 g/mol. The van der Waals surface area contributed by atoms with Crippen molar-refractivity contribution in [1.29, 1.82) is 0 Å². The third kappa shape index (κ3) is 6.17. The minimum Gasteiger partial charge on any atom is -0.398 e. The van der Waals surface area contributed by atoms with E-state index in [2.05, 4.69) is 11.6 Å². The van der Waals surface area contributed by atoms with Gasteiger partial charge in [-0.2, -0.15) is 0 Å². The van der Waals surface area contributed by atoms with Crippen LogP contribution in [0, 0.1) is 13.8 Å². The first-order valence-electron chi connectivity index (χ1n) is 8.96. The summed E-state index contributed by atoms with van der Waals surface area (Å²) in [6, 6.07) is 7.67. The fourth-order valence-electron chi connectivity index (χ4n) is 2.80. The second-order valence-electron chi connectivity index (χ2n) is 6.57. The van der Waals surface area contributed by atoms with Crippen LogP contribution in [0.5, 0.6) is 0 Å². The highest BCUT2D eigenvalue weighted by molar-refractivity contribution is 7.99. The SMILES string of the molecule is C=C/C=C(Cl)\C(CSc1ccc(N)c(/C(C=O)=C/c2[nH]c(C)cc2C)c1)=C(/C)Cl. The molecule has 1 heterocycles. The van der Waals surface area contributed by atoms with Crippen LogP contribution in [0.3, 0.4) is 0 Å². The molecule has 0 bridgehead atoms. The van der Waals surface area contributed by atoms with E-state index in [0.29, 0.717) is 32.6 Å². The molecule has 0 atom stereocenters. The Morgan fingerprint density at radius 2 is 2.00 bits per heavy atom. The van der Waals surface area contributed by atoms with Gasteiger partial charge in [-0.3, -0.25) is 4.79 Å². The van der Waals surface area contributed by atoms with Gasteiger partial charge >= 0.3 is 0 Å². The lowest BCUT2D eigenvalue weighted by atomic mass is 10.0. The summed E-state index contributed by atoms with van der Waals surface area (Å²) in [6.45, 7) is 9.44. The molecule has 0 radical (unpaired) electrons. The quantitative estimate of drug-likeness (QED) is 0.153. The molecule has 1 aromatic heterocycles. The summed E-state index contributed by atoms with van der Waals surface area (Å²) in [7, 11) is 0. The number of nitrogen functional groups attached to an aromatic ring is 1. The fourth-order valence-corrected chi connectivity index (χ4v) is 4.52. The molecule has 152 valence electrons. The molecule has 3 nitrogen and oxygen atoms in total. The number of benzene rings is 1. The minimum atomic E-state index is 0.517. The van der Waals surface area contributed by atoms with Crippen LogP contribution in [0.4, 0.5) is 5.69 Å². The highest BCUT2D eigenvalue weighted by Gasteiger charge is 2.11. The Balaban J connectivity index is 2.35. The van der Waals surface area contributed by atoms with Gasteiger partial charge in [-0.05, 0) is 68.3 Å². The van der Waals surface area contributed by atoms with Gasteiger partial charge in [0.15, 0.2) is 6.29 Å². The zero-order valence-corrected chi connectivity index (χ0v) is 19.0. The summed E-state index contributed by atoms with van der Waals surface area (Å²) in [5.74, 6) is 0.580. The van der Waals surface area contributed by atoms with E-state index in [1.807, 2.05) is 38.1 Å².